The standard InChI is InChI=1S/C15H9N2/c1-2-6-11-10(5-1)9-16-15-14(11)12-7-3-4-8-13(12)17-15/h1-9H. The monoisotopic (exact) mass is 217 g/mol. The molecule has 0 unspecified atom stereocenters. The van der Waals surface area contributed by atoms with Gasteiger partial charge >= 0.3 is 0 Å². The lowest BCUT2D eigenvalue weighted by Gasteiger charge is -2.03. The first-order chi connectivity index (χ1) is 8.43. The Morgan fingerprint density at radius 1 is 0.824 bits per heavy atom. The summed E-state index contributed by atoms with van der Waals surface area (Å²) in [5.74, 6) is 0.838. The van der Waals surface area contributed by atoms with Gasteiger partial charge in [0.1, 0.15) is 0 Å². The number of aromatic nitrogens is 1. The molecule has 1 aliphatic rings. The van der Waals surface area contributed by atoms with Gasteiger partial charge in [0.2, 0.25) is 0 Å². The quantitative estimate of drug-likeness (QED) is 0.440. The Morgan fingerprint density at radius 3 is 2.65 bits per heavy atom. The summed E-state index contributed by atoms with van der Waals surface area (Å²) in [4.78, 5) is 4.44. The van der Waals surface area contributed by atoms with Crippen LogP contribution in [0.5, 0.6) is 0 Å². The Bertz CT molecular complexity index is 732. The maximum Gasteiger partial charge on any atom is 0.161 e. The van der Waals surface area contributed by atoms with Gasteiger partial charge in [-0.1, -0.05) is 42.5 Å². The van der Waals surface area contributed by atoms with Gasteiger partial charge < -0.3 is 0 Å². The molecule has 2 heteroatoms. The fourth-order valence-electron chi connectivity index (χ4n) is 2.40. The summed E-state index contributed by atoms with van der Waals surface area (Å²) in [5.41, 5.74) is 3.37. The maximum absolute atomic E-state index is 4.55. The van der Waals surface area contributed by atoms with Gasteiger partial charge in [0.05, 0.1) is 5.69 Å². The molecule has 0 bridgehead atoms. The molecule has 1 radical (unpaired) electrons. The van der Waals surface area contributed by atoms with Gasteiger partial charge in [0, 0.05) is 22.7 Å². The van der Waals surface area contributed by atoms with Crippen LogP contribution in [0.1, 0.15) is 0 Å². The molecule has 1 aliphatic heterocycles. The summed E-state index contributed by atoms with van der Waals surface area (Å²) < 4.78 is 0. The van der Waals surface area contributed by atoms with E-state index >= 15 is 0 Å². The van der Waals surface area contributed by atoms with E-state index in [1.165, 1.54) is 16.5 Å². The van der Waals surface area contributed by atoms with Crippen LogP contribution in [0.2, 0.25) is 0 Å². The van der Waals surface area contributed by atoms with Crippen LogP contribution < -0.4 is 5.32 Å². The van der Waals surface area contributed by atoms with Crippen LogP contribution in [-0.4, -0.2) is 4.98 Å². The largest absolute Gasteiger partial charge is 0.236 e. The molecule has 1 aromatic heterocycles. The average molecular weight is 217 g/mol. The number of hydrogen-bond donors (Lipinski definition) is 0. The molecule has 0 saturated carbocycles. The summed E-state index contributed by atoms with van der Waals surface area (Å²) >= 11 is 0. The molecule has 0 aliphatic carbocycles. The molecule has 2 aromatic carbocycles. The van der Waals surface area contributed by atoms with E-state index in [9.17, 15) is 0 Å². The minimum atomic E-state index is 0.838. The van der Waals surface area contributed by atoms with Crippen molar-refractivity contribution in [3.05, 3.63) is 54.7 Å². The van der Waals surface area contributed by atoms with Crippen molar-refractivity contribution in [2.24, 2.45) is 0 Å². The van der Waals surface area contributed by atoms with Crippen LogP contribution in [0.3, 0.4) is 0 Å². The van der Waals surface area contributed by atoms with Crippen LogP contribution in [0, 0.1) is 0 Å². The van der Waals surface area contributed by atoms with Crippen LogP contribution in [0.4, 0.5) is 11.5 Å². The lowest BCUT2D eigenvalue weighted by Crippen LogP contribution is -1.86. The Balaban J connectivity index is 2.17. The third-order valence-electron chi connectivity index (χ3n) is 3.18. The Morgan fingerprint density at radius 2 is 1.65 bits per heavy atom. The van der Waals surface area contributed by atoms with Gasteiger partial charge in [-0.25, -0.2) is 10.3 Å². The molecule has 4 rings (SSSR count). The summed E-state index contributed by atoms with van der Waals surface area (Å²) in [6.07, 6.45) is 1.89. The molecule has 0 saturated heterocycles. The van der Waals surface area contributed by atoms with Crippen molar-refractivity contribution in [2.45, 2.75) is 0 Å². The van der Waals surface area contributed by atoms with Gasteiger partial charge in [-0.3, -0.25) is 0 Å². The van der Waals surface area contributed by atoms with Gasteiger partial charge in [-0.2, -0.15) is 0 Å². The van der Waals surface area contributed by atoms with E-state index in [0.29, 0.717) is 0 Å². The number of pyridine rings is 1. The highest BCUT2D eigenvalue weighted by Gasteiger charge is 2.22. The number of para-hydroxylation sites is 1. The second-order valence-corrected chi connectivity index (χ2v) is 4.17. The molecular formula is C15H9N2. The van der Waals surface area contributed by atoms with E-state index in [0.717, 1.165) is 16.9 Å². The summed E-state index contributed by atoms with van der Waals surface area (Å²) in [5, 5.41) is 6.95. The van der Waals surface area contributed by atoms with Crippen molar-refractivity contribution in [1.29, 1.82) is 0 Å². The molecule has 2 nitrogen and oxygen atoms in total. The highest BCUT2D eigenvalue weighted by atomic mass is 15.0. The first kappa shape index (κ1) is 8.76. The zero-order chi connectivity index (χ0) is 11.2. The Labute approximate surface area is 98.9 Å². The minimum absolute atomic E-state index is 0.838. The molecule has 3 aromatic rings. The summed E-state index contributed by atoms with van der Waals surface area (Å²) in [6.45, 7) is 0. The molecule has 2 heterocycles. The van der Waals surface area contributed by atoms with Gasteiger partial charge in [0.25, 0.3) is 0 Å². The van der Waals surface area contributed by atoms with Crippen molar-refractivity contribution in [2.75, 3.05) is 0 Å². The smallest absolute Gasteiger partial charge is 0.161 e. The maximum atomic E-state index is 4.55. The molecule has 17 heavy (non-hydrogen) atoms. The fourth-order valence-corrected chi connectivity index (χ4v) is 2.40. The summed E-state index contributed by atoms with van der Waals surface area (Å²) in [7, 11) is 0. The predicted molar refractivity (Wildman–Crippen MR) is 68.6 cm³/mol. The van der Waals surface area contributed by atoms with Crippen LogP contribution >= 0.6 is 0 Å². The fraction of sp³-hybridized carbons (Fsp3) is 0. The van der Waals surface area contributed by atoms with E-state index in [-0.39, 0.29) is 0 Å². The minimum Gasteiger partial charge on any atom is -0.236 e. The summed E-state index contributed by atoms with van der Waals surface area (Å²) in [6, 6.07) is 16.5. The molecule has 0 fully saturated rings. The van der Waals surface area contributed by atoms with Gasteiger partial charge in [-0.05, 0) is 11.5 Å². The average Bonchev–Trinajstić information content (AvgIpc) is 2.77. The third-order valence-corrected chi connectivity index (χ3v) is 3.18. The normalized spacial score (nSPS) is 12.0. The van der Waals surface area contributed by atoms with E-state index in [2.05, 4.69) is 34.6 Å². The zero-order valence-electron chi connectivity index (χ0n) is 9.09. The number of hydrogen-bond acceptors (Lipinski definition) is 1. The molecule has 0 spiro atoms. The van der Waals surface area contributed by atoms with Crippen LogP contribution in [0.15, 0.2) is 54.7 Å². The highest BCUT2D eigenvalue weighted by Crippen LogP contribution is 2.44. The SMILES string of the molecule is c1ccc2c(c1)[N]c1ncc3ccccc3c1-2. The molecular weight excluding hydrogens is 208 g/mol. The highest BCUT2D eigenvalue weighted by molar-refractivity contribution is 6.05. The van der Waals surface area contributed by atoms with E-state index in [4.69, 9.17) is 0 Å². The molecule has 79 valence electrons. The lowest BCUT2D eigenvalue weighted by atomic mass is 10.0. The van der Waals surface area contributed by atoms with Crippen molar-refractivity contribution in [3.8, 4) is 11.1 Å². The van der Waals surface area contributed by atoms with Crippen LogP contribution in [-0.2, 0) is 0 Å². The molecule has 0 atom stereocenters. The second-order valence-electron chi connectivity index (χ2n) is 4.17. The Kier molecular flexibility index (Phi) is 1.59. The third kappa shape index (κ3) is 1.12. The lowest BCUT2D eigenvalue weighted by molar-refractivity contribution is 1.15. The van der Waals surface area contributed by atoms with Crippen molar-refractivity contribution < 1.29 is 0 Å². The van der Waals surface area contributed by atoms with Crippen LogP contribution in [0.25, 0.3) is 21.9 Å². The number of rotatable bonds is 0. The van der Waals surface area contributed by atoms with Gasteiger partial charge in [0.15, 0.2) is 5.82 Å². The number of benzene rings is 2. The first-order valence-electron chi connectivity index (χ1n) is 5.62. The zero-order valence-corrected chi connectivity index (χ0v) is 9.09. The van der Waals surface area contributed by atoms with Gasteiger partial charge in [-0.15, -0.1) is 0 Å². The topological polar surface area (TPSA) is 27.0 Å². The van der Waals surface area contributed by atoms with E-state index in [1.807, 2.05) is 30.5 Å². The van der Waals surface area contributed by atoms with Crippen molar-refractivity contribution >= 4 is 22.3 Å². The first-order valence-corrected chi connectivity index (χ1v) is 5.62. The Hall–Kier alpha value is -2.35. The number of nitrogens with zero attached hydrogens (tertiary/aromatic N) is 2. The number of fused-ring (bicyclic) bond motifs is 5. The van der Waals surface area contributed by atoms with E-state index in [1.54, 1.807) is 0 Å². The van der Waals surface area contributed by atoms with Crippen molar-refractivity contribution in [3.63, 3.8) is 0 Å². The molecule has 0 amide bonds. The van der Waals surface area contributed by atoms with Crippen molar-refractivity contribution in [1.82, 2.24) is 10.3 Å². The van der Waals surface area contributed by atoms with E-state index < -0.39 is 0 Å². The second kappa shape index (κ2) is 3.08. The molecule has 0 N–H and O–H groups in total. The predicted octanol–water partition coefficient (Wildman–Crippen LogP) is 3.78.